The molecule has 0 unspecified atom stereocenters. The summed E-state index contributed by atoms with van der Waals surface area (Å²) in [5.41, 5.74) is 1.18. The lowest BCUT2D eigenvalue weighted by molar-refractivity contribution is 0.0946. The fourth-order valence-electron chi connectivity index (χ4n) is 2.47. The number of anilines is 1. The van der Waals surface area contributed by atoms with E-state index in [1.807, 2.05) is 0 Å². The molecule has 22 heavy (non-hydrogen) atoms. The van der Waals surface area contributed by atoms with E-state index in [0.717, 1.165) is 37.3 Å². The van der Waals surface area contributed by atoms with Gasteiger partial charge in [0.15, 0.2) is 0 Å². The van der Waals surface area contributed by atoms with Crippen LogP contribution in [-0.4, -0.2) is 29.0 Å². The summed E-state index contributed by atoms with van der Waals surface area (Å²) < 4.78 is 12.8. The maximum atomic E-state index is 12.8. The lowest BCUT2D eigenvalue weighted by Crippen LogP contribution is -2.25. The van der Waals surface area contributed by atoms with Gasteiger partial charge in [0.2, 0.25) is 0 Å². The Kier molecular flexibility index (Phi) is 4.27. The monoisotopic (exact) mass is 300 g/mol. The van der Waals surface area contributed by atoms with E-state index in [9.17, 15) is 9.18 Å². The zero-order valence-corrected chi connectivity index (χ0v) is 12.1. The second kappa shape index (κ2) is 6.51. The van der Waals surface area contributed by atoms with Crippen LogP contribution in [0.1, 0.15) is 28.9 Å². The second-order valence-electron chi connectivity index (χ2n) is 5.26. The number of amides is 1. The standard InChI is InChI=1S/C16H17FN4O/c17-13-5-3-12(4-6-13)10-18-16(22)14-9-15(20-11-19-14)21-7-1-2-8-21/h3-6,9,11H,1-2,7-8,10H2,(H,18,22). The summed E-state index contributed by atoms with van der Waals surface area (Å²) in [5, 5.41) is 2.78. The number of carbonyl (C=O) groups is 1. The zero-order valence-electron chi connectivity index (χ0n) is 12.1. The summed E-state index contributed by atoms with van der Waals surface area (Å²) in [6, 6.07) is 7.75. The molecule has 1 N–H and O–H groups in total. The fraction of sp³-hybridized carbons (Fsp3) is 0.312. The smallest absolute Gasteiger partial charge is 0.270 e. The molecule has 1 aliphatic heterocycles. The van der Waals surface area contributed by atoms with Crippen LogP contribution in [0.5, 0.6) is 0 Å². The number of halogens is 1. The minimum atomic E-state index is -0.291. The number of hydrogen-bond acceptors (Lipinski definition) is 4. The molecule has 2 aromatic rings. The zero-order chi connectivity index (χ0) is 15.4. The molecule has 0 atom stereocenters. The van der Waals surface area contributed by atoms with Crippen LogP contribution in [0.4, 0.5) is 10.2 Å². The van der Waals surface area contributed by atoms with Crippen LogP contribution < -0.4 is 10.2 Å². The van der Waals surface area contributed by atoms with E-state index in [1.165, 1.54) is 18.5 Å². The number of benzene rings is 1. The molecular weight excluding hydrogens is 283 g/mol. The molecule has 0 aliphatic carbocycles. The Bertz CT molecular complexity index is 653. The first-order valence-electron chi connectivity index (χ1n) is 7.32. The van der Waals surface area contributed by atoms with Crippen LogP contribution >= 0.6 is 0 Å². The minimum absolute atomic E-state index is 0.257. The van der Waals surface area contributed by atoms with Gasteiger partial charge in [-0.25, -0.2) is 14.4 Å². The highest BCUT2D eigenvalue weighted by molar-refractivity contribution is 5.92. The van der Waals surface area contributed by atoms with Gasteiger partial charge < -0.3 is 10.2 Å². The van der Waals surface area contributed by atoms with Gasteiger partial charge in [0, 0.05) is 25.7 Å². The van der Waals surface area contributed by atoms with Crippen LogP contribution in [0.3, 0.4) is 0 Å². The maximum absolute atomic E-state index is 12.8. The summed E-state index contributed by atoms with van der Waals surface area (Å²) in [7, 11) is 0. The van der Waals surface area contributed by atoms with Crippen LogP contribution in [-0.2, 0) is 6.54 Å². The highest BCUT2D eigenvalue weighted by Gasteiger charge is 2.16. The van der Waals surface area contributed by atoms with Gasteiger partial charge in [-0.1, -0.05) is 12.1 Å². The summed E-state index contributed by atoms with van der Waals surface area (Å²) in [6.45, 7) is 2.27. The van der Waals surface area contributed by atoms with Crippen LogP contribution in [0, 0.1) is 5.82 Å². The number of nitrogens with zero attached hydrogens (tertiary/aromatic N) is 3. The van der Waals surface area contributed by atoms with Gasteiger partial charge in [-0.05, 0) is 30.5 Å². The SMILES string of the molecule is O=C(NCc1ccc(F)cc1)c1cc(N2CCCC2)ncn1. The summed E-state index contributed by atoms with van der Waals surface area (Å²) in [5.74, 6) is 0.243. The molecule has 1 aromatic heterocycles. The highest BCUT2D eigenvalue weighted by atomic mass is 19.1. The molecule has 2 heterocycles. The van der Waals surface area contributed by atoms with Crippen molar-refractivity contribution in [2.45, 2.75) is 19.4 Å². The average Bonchev–Trinajstić information content (AvgIpc) is 3.09. The summed E-state index contributed by atoms with van der Waals surface area (Å²) >= 11 is 0. The Morgan fingerprint density at radius 1 is 1.18 bits per heavy atom. The van der Waals surface area contributed by atoms with E-state index in [4.69, 9.17) is 0 Å². The van der Waals surface area contributed by atoms with Crippen molar-refractivity contribution in [3.05, 3.63) is 53.7 Å². The molecule has 1 fully saturated rings. The predicted molar refractivity (Wildman–Crippen MR) is 81.0 cm³/mol. The van der Waals surface area contributed by atoms with Crippen molar-refractivity contribution in [3.63, 3.8) is 0 Å². The van der Waals surface area contributed by atoms with Gasteiger partial charge in [0.1, 0.15) is 23.7 Å². The van der Waals surface area contributed by atoms with E-state index >= 15 is 0 Å². The number of aromatic nitrogens is 2. The molecule has 0 radical (unpaired) electrons. The average molecular weight is 300 g/mol. The Morgan fingerprint density at radius 3 is 2.64 bits per heavy atom. The van der Waals surface area contributed by atoms with Crippen molar-refractivity contribution in [2.24, 2.45) is 0 Å². The fourth-order valence-corrected chi connectivity index (χ4v) is 2.47. The maximum Gasteiger partial charge on any atom is 0.270 e. The molecule has 0 bridgehead atoms. The third kappa shape index (κ3) is 3.39. The molecule has 3 rings (SSSR count). The van der Waals surface area contributed by atoms with E-state index in [-0.39, 0.29) is 11.7 Å². The first-order valence-corrected chi connectivity index (χ1v) is 7.32. The first-order chi connectivity index (χ1) is 10.7. The lowest BCUT2D eigenvalue weighted by atomic mass is 10.2. The van der Waals surface area contributed by atoms with Crippen LogP contribution in [0.15, 0.2) is 36.7 Å². The van der Waals surface area contributed by atoms with Gasteiger partial charge >= 0.3 is 0 Å². The van der Waals surface area contributed by atoms with Crippen molar-refractivity contribution in [1.29, 1.82) is 0 Å². The molecule has 1 aliphatic rings. The summed E-state index contributed by atoms with van der Waals surface area (Å²) in [6.07, 6.45) is 3.71. The number of hydrogen-bond donors (Lipinski definition) is 1. The Balaban J connectivity index is 1.64. The van der Waals surface area contributed by atoms with E-state index in [2.05, 4.69) is 20.2 Å². The van der Waals surface area contributed by atoms with Gasteiger partial charge in [-0.15, -0.1) is 0 Å². The first kappa shape index (κ1) is 14.4. The Hall–Kier alpha value is -2.50. The van der Waals surface area contributed by atoms with E-state index < -0.39 is 0 Å². The summed E-state index contributed by atoms with van der Waals surface area (Å²) in [4.78, 5) is 22.6. The van der Waals surface area contributed by atoms with Gasteiger partial charge in [0.05, 0.1) is 0 Å². The lowest BCUT2D eigenvalue weighted by Gasteiger charge is -2.16. The molecule has 0 saturated carbocycles. The van der Waals surface area contributed by atoms with E-state index in [0.29, 0.717) is 12.2 Å². The van der Waals surface area contributed by atoms with Crippen molar-refractivity contribution in [2.75, 3.05) is 18.0 Å². The third-order valence-corrected chi connectivity index (χ3v) is 3.68. The second-order valence-corrected chi connectivity index (χ2v) is 5.26. The topological polar surface area (TPSA) is 58.1 Å². The van der Waals surface area contributed by atoms with Crippen LogP contribution in [0.25, 0.3) is 0 Å². The minimum Gasteiger partial charge on any atom is -0.357 e. The third-order valence-electron chi connectivity index (χ3n) is 3.68. The molecule has 0 spiro atoms. The number of rotatable bonds is 4. The van der Waals surface area contributed by atoms with Gasteiger partial charge in [-0.3, -0.25) is 4.79 Å². The molecule has 1 saturated heterocycles. The normalized spacial score (nSPS) is 14.1. The van der Waals surface area contributed by atoms with Gasteiger partial charge in [-0.2, -0.15) is 0 Å². The predicted octanol–water partition coefficient (Wildman–Crippen LogP) is 2.15. The number of nitrogens with one attached hydrogen (secondary N) is 1. The molecule has 5 nitrogen and oxygen atoms in total. The van der Waals surface area contributed by atoms with E-state index in [1.54, 1.807) is 18.2 Å². The molecule has 114 valence electrons. The molecule has 6 heteroatoms. The highest BCUT2D eigenvalue weighted by Crippen LogP contribution is 2.17. The van der Waals surface area contributed by atoms with Crippen molar-refractivity contribution in [1.82, 2.24) is 15.3 Å². The molecular formula is C16H17FN4O. The number of carbonyl (C=O) groups excluding carboxylic acids is 1. The van der Waals surface area contributed by atoms with Crippen molar-refractivity contribution >= 4 is 11.7 Å². The largest absolute Gasteiger partial charge is 0.357 e. The quantitative estimate of drug-likeness (QED) is 0.940. The Labute approximate surface area is 128 Å². The van der Waals surface area contributed by atoms with Crippen molar-refractivity contribution in [3.8, 4) is 0 Å². The Morgan fingerprint density at radius 2 is 1.91 bits per heavy atom. The van der Waals surface area contributed by atoms with Crippen molar-refractivity contribution < 1.29 is 9.18 Å². The van der Waals surface area contributed by atoms with Gasteiger partial charge in [0.25, 0.3) is 5.91 Å². The molecule has 1 amide bonds. The molecule has 1 aromatic carbocycles. The van der Waals surface area contributed by atoms with Crippen LogP contribution in [0.2, 0.25) is 0 Å².